The van der Waals surface area contributed by atoms with Crippen LogP contribution >= 0.6 is 11.5 Å². The quantitative estimate of drug-likeness (QED) is 0.618. The van der Waals surface area contributed by atoms with Crippen molar-refractivity contribution in [2.75, 3.05) is 6.61 Å². The molecule has 2 aromatic carbocycles. The molecule has 1 heterocycles. The molecule has 5 nitrogen and oxygen atoms in total. The number of hydrogen-bond acceptors (Lipinski definition) is 6. The lowest BCUT2D eigenvalue weighted by molar-refractivity contribution is -0.145. The van der Waals surface area contributed by atoms with Gasteiger partial charge in [0.25, 0.3) is 0 Å². The summed E-state index contributed by atoms with van der Waals surface area (Å²) in [5, 5.41) is 7.19. The average Bonchev–Trinajstić information content (AvgIpc) is 3.21. The fraction of sp³-hybridized carbons (Fsp3) is 0.250. The van der Waals surface area contributed by atoms with Crippen molar-refractivity contribution in [2.45, 2.75) is 25.9 Å². The van der Waals surface area contributed by atoms with Gasteiger partial charge in [-0.2, -0.15) is 0 Å². The zero-order chi connectivity index (χ0) is 18.2. The maximum Gasteiger partial charge on any atom is 0.323 e. The summed E-state index contributed by atoms with van der Waals surface area (Å²) >= 11 is 1.37. The molecule has 0 aliphatic carbocycles. The molecule has 0 saturated heterocycles. The Bertz CT molecular complexity index is 805. The minimum absolute atomic E-state index is 0.219. The number of benzene rings is 2. The fourth-order valence-electron chi connectivity index (χ4n) is 2.65. The van der Waals surface area contributed by atoms with Crippen LogP contribution in [0.4, 0.5) is 0 Å². The molecule has 0 amide bonds. The van der Waals surface area contributed by atoms with Crippen LogP contribution in [-0.2, 0) is 22.5 Å². The molecule has 1 atom stereocenters. The molecular weight excluding hydrogens is 346 g/mol. The SMILES string of the molecule is CCOC(=O)[C@H](Cc1ccccc1)NCc1ccc(-c2cnns2)cc1. The molecule has 3 rings (SSSR count). The lowest BCUT2D eigenvalue weighted by Gasteiger charge is -2.17. The summed E-state index contributed by atoms with van der Waals surface area (Å²) in [6.07, 6.45) is 2.36. The second-order valence-electron chi connectivity index (χ2n) is 5.85. The predicted molar refractivity (Wildman–Crippen MR) is 103 cm³/mol. The number of carbonyl (C=O) groups is 1. The number of carbonyl (C=O) groups excluding carboxylic acids is 1. The fourth-order valence-corrected chi connectivity index (χ4v) is 3.17. The monoisotopic (exact) mass is 367 g/mol. The lowest BCUT2D eigenvalue weighted by Crippen LogP contribution is -2.39. The van der Waals surface area contributed by atoms with Crippen LogP contribution in [0.15, 0.2) is 60.8 Å². The van der Waals surface area contributed by atoms with E-state index in [4.69, 9.17) is 4.74 Å². The normalized spacial score (nSPS) is 11.9. The summed E-state index contributed by atoms with van der Waals surface area (Å²) in [6.45, 7) is 2.80. The van der Waals surface area contributed by atoms with Crippen LogP contribution in [0.25, 0.3) is 10.4 Å². The first-order valence-corrected chi connectivity index (χ1v) is 9.34. The van der Waals surface area contributed by atoms with E-state index < -0.39 is 0 Å². The lowest BCUT2D eigenvalue weighted by atomic mass is 10.1. The van der Waals surface area contributed by atoms with E-state index in [0.29, 0.717) is 19.6 Å². The molecular formula is C20H21N3O2S. The summed E-state index contributed by atoms with van der Waals surface area (Å²) in [7, 11) is 0. The number of ether oxygens (including phenoxy) is 1. The molecule has 0 radical (unpaired) electrons. The molecule has 0 bridgehead atoms. The maximum atomic E-state index is 12.3. The van der Waals surface area contributed by atoms with E-state index >= 15 is 0 Å². The molecule has 1 aromatic heterocycles. The van der Waals surface area contributed by atoms with E-state index in [-0.39, 0.29) is 12.0 Å². The Hall–Kier alpha value is -2.57. The molecule has 0 spiro atoms. The average molecular weight is 367 g/mol. The molecule has 0 aliphatic heterocycles. The highest BCUT2D eigenvalue weighted by atomic mass is 32.1. The Labute approximate surface area is 157 Å². The highest BCUT2D eigenvalue weighted by Crippen LogP contribution is 2.21. The van der Waals surface area contributed by atoms with Crippen molar-refractivity contribution in [2.24, 2.45) is 0 Å². The Balaban J connectivity index is 1.64. The first kappa shape index (κ1) is 18.2. The summed E-state index contributed by atoms with van der Waals surface area (Å²) in [5.74, 6) is -0.219. The molecule has 0 unspecified atom stereocenters. The van der Waals surface area contributed by atoms with Gasteiger partial charge in [0.05, 0.1) is 17.7 Å². The van der Waals surface area contributed by atoms with Gasteiger partial charge in [-0.1, -0.05) is 59.1 Å². The van der Waals surface area contributed by atoms with Crippen LogP contribution in [0.5, 0.6) is 0 Å². The highest BCUT2D eigenvalue weighted by Gasteiger charge is 2.19. The standard InChI is InChI=1S/C20H21N3O2S/c1-2-25-20(24)18(12-15-6-4-3-5-7-15)21-13-16-8-10-17(11-9-16)19-14-22-23-26-19/h3-11,14,18,21H,2,12-13H2,1H3/t18-/m0/s1. The van der Waals surface area contributed by atoms with Crippen molar-refractivity contribution >= 4 is 17.5 Å². The number of rotatable bonds is 8. The van der Waals surface area contributed by atoms with E-state index in [9.17, 15) is 4.79 Å². The van der Waals surface area contributed by atoms with Gasteiger partial charge in [0.1, 0.15) is 6.04 Å². The van der Waals surface area contributed by atoms with Crippen LogP contribution in [0.2, 0.25) is 0 Å². The van der Waals surface area contributed by atoms with Gasteiger partial charge in [0.2, 0.25) is 0 Å². The third-order valence-corrected chi connectivity index (χ3v) is 4.72. The molecule has 0 saturated carbocycles. The van der Waals surface area contributed by atoms with Crippen molar-refractivity contribution in [1.82, 2.24) is 14.9 Å². The largest absolute Gasteiger partial charge is 0.465 e. The van der Waals surface area contributed by atoms with Gasteiger partial charge in [-0.25, -0.2) is 0 Å². The summed E-state index contributed by atoms with van der Waals surface area (Å²) in [5.41, 5.74) is 3.30. The third-order valence-electron chi connectivity index (χ3n) is 4.01. The maximum absolute atomic E-state index is 12.3. The van der Waals surface area contributed by atoms with Gasteiger partial charge < -0.3 is 10.1 Å². The minimum atomic E-state index is -0.372. The van der Waals surface area contributed by atoms with Crippen LogP contribution in [-0.4, -0.2) is 28.2 Å². The summed E-state index contributed by atoms with van der Waals surface area (Å²) in [4.78, 5) is 13.3. The molecule has 0 fully saturated rings. The van der Waals surface area contributed by atoms with E-state index in [1.54, 1.807) is 6.20 Å². The summed E-state index contributed by atoms with van der Waals surface area (Å²) in [6, 6.07) is 17.8. The number of nitrogens with one attached hydrogen (secondary N) is 1. The second-order valence-corrected chi connectivity index (χ2v) is 6.64. The highest BCUT2D eigenvalue weighted by molar-refractivity contribution is 7.09. The molecule has 26 heavy (non-hydrogen) atoms. The molecule has 0 aliphatic rings. The number of esters is 1. The Morgan fingerprint density at radius 3 is 2.54 bits per heavy atom. The zero-order valence-electron chi connectivity index (χ0n) is 14.6. The Kier molecular flexibility index (Phi) is 6.46. The zero-order valence-corrected chi connectivity index (χ0v) is 15.4. The molecule has 6 heteroatoms. The number of aromatic nitrogens is 2. The number of nitrogens with zero attached hydrogens (tertiary/aromatic N) is 2. The van der Waals surface area contributed by atoms with Crippen molar-refractivity contribution in [1.29, 1.82) is 0 Å². The van der Waals surface area contributed by atoms with Crippen molar-refractivity contribution in [3.63, 3.8) is 0 Å². The van der Waals surface area contributed by atoms with Crippen LogP contribution < -0.4 is 5.32 Å². The van der Waals surface area contributed by atoms with E-state index in [2.05, 4.69) is 14.9 Å². The van der Waals surface area contributed by atoms with Gasteiger partial charge in [0, 0.05) is 6.54 Å². The van der Waals surface area contributed by atoms with Crippen molar-refractivity contribution < 1.29 is 9.53 Å². The third kappa shape index (κ3) is 4.97. The first-order chi connectivity index (χ1) is 12.8. The molecule has 134 valence electrons. The smallest absolute Gasteiger partial charge is 0.323 e. The van der Waals surface area contributed by atoms with Gasteiger partial charge in [-0.05, 0) is 41.6 Å². The summed E-state index contributed by atoms with van der Waals surface area (Å²) < 4.78 is 9.10. The Morgan fingerprint density at radius 1 is 1.12 bits per heavy atom. The van der Waals surface area contributed by atoms with Gasteiger partial charge in [0.15, 0.2) is 0 Å². The van der Waals surface area contributed by atoms with Crippen LogP contribution in [0.3, 0.4) is 0 Å². The second kappa shape index (κ2) is 9.22. The van der Waals surface area contributed by atoms with Crippen molar-refractivity contribution in [3.05, 3.63) is 71.9 Å². The Morgan fingerprint density at radius 2 is 1.88 bits per heavy atom. The topological polar surface area (TPSA) is 64.1 Å². The molecule has 1 N–H and O–H groups in total. The van der Waals surface area contributed by atoms with E-state index in [1.165, 1.54) is 11.5 Å². The van der Waals surface area contributed by atoms with E-state index in [1.807, 2.05) is 61.5 Å². The van der Waals surface area contributed by atoms with Gasteiger partial charge >= 0.3 is 5.97 Å². The number of hydrogen-bond donors (Lipinski definition) is 1. The molecule has 3 aromatic rings. The van der Waals surface area contributed by atoms with Gasteiger partial charge in [-0.15, -0.1) is 5.10 Å². The van der Waals surface area contributed by atoms with Gasteiger partial charge in [-0.3, -0.25) is 4.79 Å². The predicted octanol–water partition coefficient (Wildman–Crippen LogP) is 3.47. The van der Waals surface area contributed by atoms with Crippen LogP contribution in [0, 0.1) is 0 Å². The minimum Gasteiger partial charge on any atom is -0.465 e. The first-order valence-electron chi connectivity index (χ1n) is 8.57. The van der Waals surface area contributed by atoms with E-state index in [0.717, 1.165) is 21.6 Å². The van der Waals surface area contributed by atoms with Crippen molar-refractivity contribution in [3.8, 4) is 10.4 Å². The van der Waals surface area contributed by atoms with Crippen LogP contribution in [0.1, 0.15) is 18.1 Å².